The molecule has 1 unspecified atom stereocenters. The van der Waals surface area contributed by atoms with Crippen molar-refractivity contribution in [2.45, 2.75) is 26.5 Å². The van der Waals surface area contributed by atoms with Crippen molar-refractivity contribution in [2.75, 3.05) is 44.2 Å². The van der Waals surface area contributed by atoms with Gasteiger partial charge in [-0.25, -0.2) is 9.18 Å². The second kappa shape index (κ2) is 11.5. The van der Waals surface area contributed by atoms with E-state index in [0.717, 1.165) is 49.5 Å². The Morgan fingerprint density at radius 3 is 2.50 bits per heavy atom. The SMILES string of the molecule is CCN1CCN(c2ccc(F)cc2C(C)NC(=O)CNC(=O)OCc2ccccc2)CC1. The van der Waals surface area contributed by atoms with Crippen LogP contribution >= 0.6 is 0 Å². The number of alkyl carbamates (subject to hydrolysis) is 1. The van der Waals surface area contributed by atoms with Gasteiger partial charge in [-0.15, -0.1) is 0 Å². The van der Waals surface area contributed by atoms with Gasteiger partial charge in [0.15, 0.2) is 0 Å². The van der Waals surface area contributed by atoms with E-state index in [9.17, 15) is 14.0 Å². The number of hydrogen-bond acceptors (Lipinski definition) is 5. The molecule has 2 aromatic rings. The van der Waals surface area contributed by atoms with Crippen LogP contribution in [0.15, 0.2) is 48.5 Å². The topological polar surface area (TPSA) is 73.9 Å². The van der Waals surface area contributed by atoms with Crippen LogP contribution in [0.5, 0.6) is 0 Å². The summed E-state index contributed by atoms with van der Waals surface area (Å²) in [7, 11) is 0. The van der Waals surface area contributed by atoms with E-state index in [1.807, 2.05) is 37.3 Å². The van der Waals surface area contributed by atoms with E-state index in [0.29, 0.717) is 0 Å². The van der Waals surface area contributed by atoms with Gasteiger partial charge in [0.05, 0.1) is 6.04 Å². The number of ether oxygens (including phenoxy) is 1. The van der Waals surface area contributed by atoms with E-state index < -0.39 is 12.1 Å². The molecule has 172 valence electrons. The van der Waals surface area contributed by atoms with Crippen molar-refractivity contribution in [1.29, 1.82) is 0 Å². The molecule has 0 saturated carbocycles. The Morgan fingerprint density at radius 1 is 1.09 bits per heavy atom. The molecule has 0 aromatic heterocycles. The normalized spacial score (nSPS) is 15.2. The number of carbonyl (C=O) groups excluding carboxylic acids is 2. The number of rotatable bonds is 8. The Labute approximate surface area is 188 Å². The molecule has 0 bridgehead atoms. The Balaban J connectivity index is 1.52. The minimum Gasteiger partial charge on any atom is -0.445 e. The Bertz CT molecular complexity index is 901. The van der Waals surface area contributed by atoms with Crippen LogP contribution in [0.4, 0.5) is 14.9 Å². The van der Waals surface area contributed by atoms with E-state index in [1.165, 1.54) is 12.1 Å². The highest BCUT2D eigenvalue weighted by Gasteiger charge is 2.22. The summed E-state index contributed by atoms with van der Waals surface area (Å²) in [6.07, 6.45) is -0.670. The summed E-state index contributed by atoms with van der Waals surface area (Å²) in [5.41, 5.74) is 2.50. The van der Waals surface area contributed by atoms with Crippen LogP contribution in [0.3, 0.4) is 0 Å². The predicted octanol–water partition coefficient (Wildman–Crippen LogP) is 3.07. The van der Waals surface area contributed by atoms with Gasteiger partial charge in [-0.3, -0.25) is 4.79 Å². The number of anilines is 1. The summed E-state index contributed by atoms with van der Waals surface area (Å²) in [5, 5.41) is 5.29. The predicted molar refractivity (Wildman–Crippen MR) is 122 cm³/mol. The number of nitrogens with zero attached hydrogens (tertiary/aromatic N) is 2. The van der Waals surface area contributed by atoms with Crippen LogP contribution in [-0.4, -0.2) is 56.2 Å². The largest absolute Gasteiger partial charge is 0.445 e. The number of halogens is 1. The van der Waals surface area contributed by atoms with E-state index in [1.54, 1.807) is 6.07 Å². The lowest BCUT2D eigenvalue weighted by Gasteiger charge is -2.37. The quantitative estimate of drug-likeness (QED) is 0.657. The summed E-state index contributed by atoms with van der Waals surface area (Å²) in [6, 6.07) is 13.6. The third-order valence-corrected chi connectivity index (χ3v) is 5.60. The molecule has 8 heteroatoms. The molecule has 0 spiro atoms. The molecule has 2 amide bonds. The number of hydrogen-bond donors (Lipinski definition) is 2. The number of piperazine rings is 1. The van der Waals surface area contributed by atoms with Gasteiger partial charge in [0.25, 0.3) is 0 Å². The number of amides is 2. The molecule has 1 heterocycles. The number of likely N-dealkylation sites (N-methyl/N-ethyl adjacent to an activating group) is 1. The van der Waals surface area contributed by atoms with Crippen molar-refractivity contribution < 1.29 is 18.7 Å². The van der Waals surface area contributed by atoms with Crippen LogP contribution < -0.4 is 15.5 Å². The maximum absolute atomic E-state index is 14.0. The average molecular weight is 443 g/mol. The third-order valence-electron chi connectivity index (χ3n) is 5.60. The first-order valence-corrected chi connectivity index (χ1v) is 11.0. The molecule has 0 aliphatic carbocycles. The molecular formula is C24H31FN4O3. The molecule has 1 aliphatic heterocycles. The molecule has 0 radical (unpaired) electrons. The highest BCUT2D eigenvalue weighted by atomic mass is 19.1. The Morgan fingerprint density at radius 2 is 1.81 bits per heavy atom. The molecule has 3 rings (SSSR count). The lowest BCUT2D eigenvalue weighted by Crippen LogP contribution is -2.46. The molecule has 32 heavy (non-hydrogen) atoms. The van der Waals surface area contributed by atoms with Gasteiger partial charge in [-0.1, -0.05) is 37.3 Å². The van der Waals surface area contributed by atoms with Crippen molar-refractivity contribution in [2.24, 2.45) is 0 Å². The summed E-state index contributed by atoms with van der Waals surface area (Å²) in [4.78, 5) is 28.8. The lowest BCUT2D eigenvalue weighted by atomic mass is 10.0. The van der Waals surface area contributed by atoms with Crippen LogP contribution in [-0.2, 0) is 16.1 Å². The Hall–Kier alpha value is -3.13. The number of benzene rings is 2. The number of carbonyl (C=O) groups is 2. The summed E-state index contributed by atoms with van der Waals surface area (Å²) in [5.74, 6) is -0.722. The van der Waals surface area contributed by atoms with Crippen molar-refractivity contribution in [1.82, 2.24) is 15.5 Å². The van der Waals surface area contributed by atoms with E-state index in [-0.39, 0.29) is 24.9 Å². The van der Waals surface area contributed by atoms with Gasteiger partial charge >= 0.3 is 6.09 Å². The van der Waals surface area contributed by atoms with Gasteiger partial charge in [-0.05, 0) is 37.2 Å². The maximum atomic E-state index is 14.0. The molecular weight excluding hydrogens is 411 g/mol. The fourth-order valence-electron chi connectivity index (χ4n) is 3.76. The van der Waals surface area contributed by atoms with Gasteiger partial charge in [0.2, 0.25) is 5.91 Å². The molecule has 2 N–H and O–H groups in total. The molecule has 7 nitrogen and oxygen atoms in total. The molecule has 1 fully saturated rings. The van der Waals surface area contributed by atoms with Crippen LogP contribution in [0.2, 0.25) is 0 Å². The van der Waals surface area contributed by atoms with E-state index in [4.69, 9.17) is 4.74 Å². The van der Waals surface area contributed by atoms with Gasteiger partial charge in [0, 0.05) is 37.4 Å². The first-order valence-electron chi connectivity index (χ1n) is 11.0. The summed E-state index contributed by atoms with van der Waals surface area (Å²) in [6.45, 7) is 8.46. The second-order valence-corrected chi connectivity index (χ2v) is 7.83. The highest BCUT2D eigenvalue weighted by molar-refractivity contribution is 5.82. The molecule has 2 aromatic carbocycles. The van der Waals surface area contributed by atoms with Gasteiger partial charge in [-0.2, -0.15) is 0 Å². The van der Waals surface area contributed by atoms with E-state index in [2.05, 4.69) is 27.4 Å². The first kappa shape index (κ1) is 23.5. The zero-order valence-corrected chi connectivity index (χ0v) is 18.6. The summed E-state index contributed by atoms with van der Waals surface area (Å²) >= 11 is 0. The van der Waals surface area contributed by atoms with Crippen LogP contribution in [0.1, 0.15) is 31.0 Å². The third kappa shape index (κ3) is 6.68. The van der Waals surface area contributed by atoms with Crippen LogP contribution in [0, 0.1) is 5.82 Å². The van der Waals surface area contributed by atoms with Crippen molar-refractivity contribution >= 4 is 17.7 Å². The maximum Gasteiger partial charge on any atom is 0.407 e. The highest BCUT2D eigenvalue weighted by Crippen LogP contribution is 2.28. The Kier molecular flexibility index (Phi) is 8.44. The standard InChI is InChI=1S/C24H31FN4O3/c1-3-28-11-13-29(14-12-28)22-10-9-20(25)15-21(22)18(2)27-23(30)16-26-24(31)32-17-19-7-5-4-6-8-19/h4-10,15,18H,3,11-14,16-17H2,1-2H3,(H,26,31)(H,27,30). The monoisotopic (exact) mass is 442 g/mol. The number of nitrogens with one attached hydrogen (secondary N) is 2. The minimum atomic E-state index is -0.670. The molecule has 1 atom stereocenters. The molecule has 1 aliphatic rings. The van der Waals surface area contributed by atoms with Gasteiger partial charge in [0.1, 0.15) is 19.0 Å². The van der Waals surface area contributed by atoms with Crippen molar-refractivity contribution in [3.63, 3.8) is 0 Å². The minimum absolute atomic E-state index is 0.128. The second-order valence-electron chi connectivity index (χ2n) is 7.83. The fourth-order valence-corrected chi connectivity index (χ4v) is 3.76. The molecule has 1 saturated heterocycles. The van der Waals surface area contributed by atoms with Crippen molar-refractivity contribution in [3.8, 4) is 0 Å². The zero-order chi connectivity index (χ0) is 22.9. The smallest absolute Gasteiger partial charge is 0.407 e. The van der Waals surface area contributed by atoms with Crippen LogP contribution in [0.25, 0.3) is 0 Å². The van der Waals surface area contributed by atoms with Gasteiger partial charge < -0.3 is 25.2 Å². The van der Waals surface area contributed by atoms with E-state index >= 15 is 0 Å². The first-order chi connectivity index (χ1) is 15.5. The average Bonchev–Trinajstić information content (AvgIpc) is 2.82. The lowest BCUT2D eigenvalue weighted by molar-refractivity contribution is -0.120. The zero-order valence-electron chi connectivity index (χ0n) is 18.6. The summed E-state index contributed by atoms with van der Waals surface area (Å²) < 4.78 is 19.1. The fraction of sp³-hybridized carbons (Fsp3) is 0.417. The van der Waals surface area contributed by atoms with Crippen molar-refractivity contribution in [3.05, 3.63) is 65.5 Å².